The van der Waals surface area contributed by atoms with Gasteiger partial charge in [-0.25, -0.2) is 8.42 Å². The van der Waals surface area contributed by atoms with Gasteiger partial charge in [-0.3, -0.25) is 0 Å². The maximum absolute atomic E-state index is 12.1. The van der Waals surface area contributed by atoms with Crippen LogP contribution in [0.25, 0.3) is 0 Å². The number of benzene rings is 1. The maximum atomic E-state index is 12.1. The number of sulfonamides is 1. The normalized spacial score (nSPS) is 18.0. The highest BCUT2D eigenvalue weighted by atomic mass is 32.2. The van der Waals surface area contributed by atoms with E-state index in [1.165, 1.54) is 10.4 Å². The van der Waals surface area contributed by atoms with Gasteiger partial charge in [0.1, 0.15) is 0 Å². The minimum atomic E-state index is -3.44. The first kappa shape index (κ1) is 12.3. The van der Waals surface area contributed by atoms with Gasteiger partial charge >= 0.3 is 0 Å². The first-order chi connectivity index (χ1) is 7.95. The largest absolute Gasteiger partial charge is 0.398 e. The molecular formula is C11H16N2O3S. The third-order valence-corrected chi connectivity index (χ3v) is 4.90. The Kier molecular flexibility index (Phi) is 3.11. The molecule has 1 aromatic carbocycles. The Labute approximate surface area is 101 Å². The summed E-state index contributed by atoms with van der Waals surface area (Å²) >= 11 is 0. The molecule has 0 radical (unpaired) electrons. The van der Waals surface area contributed by atoms with Gasteiger partial charge in [-0.2, -0.15) is 4.31 Å². The number of hydrogen-bond donors (Lipinski definition) is 2. The van der Waals surface area contributed by atoms with Crippen LogP contribution < -0.4 is 5.73 Å². The van der Waals surface area contributed by atoms with Crippen LogP contribution in [0.5, 0.6) is 0 Å². The first-order valence-corrected chi connectivity index (χ1v) is 6.86. The molecule has 1 saturated heterocycles. The fourth-order valence-electron chi connectivity index (χ4n) is 1.76. The molecule has 1 heterocycles. The SMILES string of the molecule is Cc1ccc(S(=O)(=O)N2CC(CO)C2)cc1N. The number of nitrogens with zero attached hydrogens (tertiary/aromatic N) is 1. The lowest BCUT2D eigenvalue weighted by Gasteiger charge is -2.36. The Hall–Kier alpha value is -1.11. The summed E-state index contributed by atoms with van der Waals surface area (Å²) in [5, 5.41) is 8.88. The number of hydrogen-bond acceptors (Lipinski definition) is 4. The molecule has 1 fully saturated rings. The summed E-state index contributed by atoms with van der Waals surface area (Å²) in [7, 11) is -3.44. The monoisotopic (exact) mass is 256 g/mol. The molecule has 0 unspecified atom stereocenters. The van der Waals surface area contributed by atoms with Crippen LogP contribution in [0.3, 0.4) is 0 Å². The second kappa shape index (κ2) is 4.29. The van der Waals surface area contributed by atoms with Crippen LogP contribution in [-0.4, -0.2) is 37.5 Å². The van der Waals surface area contributed by atoms with E-state index in [9.17, 15) is 8.42 Å². The third kappa shape index (κ3) is 2.15. The van der Waals surface area contributed by atoms with Crippen LogP contribution in [0.15, 0.2) is 23.1 Å². The number of aryl methyl sites for hydroxylation is 1. The van der Waals surface area contributed by atoms with Gasteiger partial charge in [-0.15, -0.1) is 0 Å². The summed E-state index contributed by atoms with van der Waals surface area (Å²) < 4.78 is 25.6. The number of nitrogens with two attached hydrogens (primary N) is 1. The van der Waals surface area contributed by atoms with Crippen molar-refractivity contribution in [3.8, 4) is 0 Å². The van der Waals surface area contributed by atoms with E-state index in [2.05, 4.69) is 0 Å². The molecule has 3 N–H and O–H groups in total. The van der Waals surface area contributed by atoms with Crippen molar-refractivity contribution in [2.24, 2.45) is 5.92 Å². The molecule has 5 nitrogen and oxygen atoms in total. The van der Waals surface area contributed by atoms with Gasteiger partial charge in [0.25, 0.3) is 0 Å². The minimum absolute atomic E-state index is 0.0298. The molecule has 6 heteroatoms. The Morgan fingerprint density at radius 3 is 2.65 bits per heavy atom. The van der Waals surface area contributed by atoms with E-state index < -0.39 is 10.0 Å². The number of nitrogen functional groups attached to an aromatic ring is 1. The van der Waals surface area contributed by atoms with Gasteiger partial charge < -0.3 is 10.8 Å². The van der Waals surface area contributed by atoms with Gasteiger partial charge in [-0.1, -0.05) is 6.07 Å². The Bertz CT molecular complexity index is 522. The number of rotatable bonds is 3. The predicted molar refractivity (Wildman–Crippen MR) is 64.9 cm³/mol. The molecular weight excluding hydrogens is 240 g/mol. The van der Waals surface area contributed by atoms with Crippen LogP contribution in [0.1, 0.15) is 5.56 Å². The summed E-state index contributed by atoms with van der Waals surface area (Å²) in [6.45, 7) is 2.62. The molecule has 0 aromatic heterocycles. The van der Waals surface area contributed by atoms with Crippen LogP contribution in [-0.2, 0) is 10.0 Å². The van der Waals surface area contributed by atoms with Gasteiger partial charge in [0.2, 0.25) is 10.0 Å². The van der Waals surface area contributed by atoms with Crippen molar-refractivity contribution < 1.29 is 13.5 Å². The van der Waals surface area contributed by atoms with Crippen molar-refractivity contribution in [3.63, 3.8) is 0 Å². The van der Waals surface area contributed by atoms with Crippen molar-refractivity contribution in [2.45, 2.75) is 11.8 Å². The molecule has 0 atom stereocenters. The molecule has 17 heavy (non-hydrogen) atoms. The van der Waals surface area contributed by atoms with E-state index in [0.29, 0.717) is 18.8 Å². The lowest BCUT2D eigenvalue weighted by atomic mass is 10.1. The topological polar surface area (TPSA) is 83.6 Å². The van der Waals surface area contributed by atoms with Crippen LogP contribution >= 0.6 is 0 Å². The van der Waals surface area contributed by atoms with Gasteiger partial charge in [0.15, 0.2) is 0 Å². The zero-order chi connectivity index (χ0) is 12.6. The summed E-state index contributed by atoms with van der Waals surface area (Å²) in [6.07, 6.45) is 0. The van der Waals surface area contributed by atoms with E-state index in [0.717, 1.165) is 5.56 Å². The predicted octanol–water partition coefficient (Wildman–Crippen LogP) is 0.190. The molecule has 1 aromatic rings. The standard InChI is InChI=1S/C11H16N2O3S/c1-8-2-3-10(4-11(8)12)17(15,16)13-5-9(6-13)7-14/h2-4,9,14H,5-7,12H2,1H3. The highest BCUT2D eigenvalue weighted by Gasteiger charge is 2.36. The maximum Gasteiger partial charge on any atom is 0.243 e. The summed E-state index contributed by atoms with van der Waals surface area (Å²) in [6, 6.07) is 4.75. The zero-order valence-corrected chi connectivity index (χ0v) is 10.4. The van der Waals surface area contributed by atoms with Crippen molar-refractivity contribution in [1.82, 2.24) is 4.31 Å². The molecule has 0 bridgehead atoms. The van der Waals surface area contributed by atoms with Crippen LogP contribution in [0, 0.1) is 12.8 Å². The van der Waals surface area contributed by atoms with Crippen molar-refractivity contribution in [2.75, 3.05) is 25.4 Å². The summed E-state index contributed by atoms with van der Waals surface area (Å²) in [5.74, 6) is 0.0626. The summed E-state index contributed by atoms with van der Waals surface area (Å²) in [5.41, 5.74) is 7.05. The molecule has 0 amide bonds. The van der Waals surface area contributed by atoms with Gasteiger partial charge in [0.05, 0.1) is 4.90 Å². The highest BCUT2D eigenvalue weighted by molar-refractivity contribution is 7.89. The zero-order valence-electron chi connectivity index (χ0n) is 9.63. The van der Waals surface area contributed by atoms with Crippen molar-refractivity contribution in [3.05, 3.63) is 23.8 Å². The smallest absolute Gasteiger partial charge is 0.243 e. The lowest BCUT2D eigenvalue weighted by Crippen LogP contribution is -2.51. The lowest BCUT2D eigenvalue weighted by molar-refractivity contribution is 0.117. The molecule has 2 rings (SSSR count). The summed E-state index contributed by atoms with van der Waals surface area (Å²) in [4.78, 5) is 0.219. The average Bonchev–Trinajstić information content (AvgIpc) is 2.20. The second-order valence-electron chi connectivity index (χ2n) is 4.39. The van der Waals surface area contributed by atoms with E-state index in [1.54, 1.807) is 12.1 Å². The Morgan fingerprint density at radius 2 is 2.12 bits per heavy atom. The third-order valence-electron chi connectivity index (χ3n) is 3.07. The first-order valence-electron chi connectivity index (χ1n) is 5.42. The quantitative estimate of drug-likeness (QED) is 0.756. The van der Waals surface area contributed by atoms with Gasteiger partial charge in [-0.05, 0) is 24.6 Å². The molecule has 0 spiro atoms. The van der Waals surface area contributed by atoms with Crippen molar-refractivity contribution in [1.29, 1.82) is 0 Å². The fourth-order valence-corrected chi connectivity index (χ4v) is 3.39. The molecule has 94 valence electrons. The minimum Gasteiger partial charge on any atom is -0.398 e. The number of aliphatic hydroxyl groups is 1. The molecule has 0 saturated carbocycles. The molecule has 0 aliphatic carbocycles. The van der Waals surface area contributed by atoms with E-state index >= 15 is 0 Å². The van der Waals surface area contributed by atoms with E-state index in [4.69, 9.17) is 10.8 Å². The second-order valence-corrected chi connectivity index (χ2v) is 6.33. The average molecular weight is 256 g/mol. The number of aliphatic hydroxyl groups excluding tert-OH is 1. The van der Waals surface area contributed by atoms with E-state index in [1.807, 2.05) is 6.92 Å². The molecule has 1 aliphatic rings. The highest BCUT2D eigenvalue weighted by Crippen LogP contribution is 2.26. The Morgan fingerprint density at radius 1 is 1.47 bits per heavy atom. The Balaban J connectivity index is 2.24. The van der Waals surface area contributed by atoms with Crippen LogP contribution in [0.4, 0.5) is 5.69 Å². The van der Waals surface area contributed by atoms with Gasteiger partial charge in [0, 0.05) is 31.3 Å². The van der Waals surface area contributed by atoms with E-state index in [-0.39, 0.29) is 17.4 Å². The van der Waals surface area contributed by atoms with Crippen LogP contribution in [0.2, 0.25) is 0 Å². The number of anilines is 1. The fraction of sp³-hybridized carbons (Fsp3) is 0.455. The molecule has 1 aliphatic heterocycles. The van der Waals surface area contributed by atoms with Crippen molar-refractivity contribution >= 4 is 15.7 Å².